The minimum Gasteiger partial charge on any atom is -0.512 e. The Hall–Kier alpha value is -2.56. The van der Waals surface area contributed by atoms with Gasteiger partial charge in [-0.2, -0.15) is 13.2 Å². The zero-order valence-electron chi connectivity index (χ0n) is 13.7. The molecule has 0 heterocycles. The van der Waals surface area contributed by atoms with Crippen LogP contribution in [0.5, 0.6) is 0 Å². The molecule has 2 nitrogen and oxygen atoms in total. The van der Waals surface area contributed by atoms with Gasteiger partial charge in [-0.3, -0.25) is 4.79 Å². The van der Waals surface area contributed by atoms with E-state index in [1.807, 2.05) is 19.1 Å². The number of allylic oxidation sites excluding steroid dienone is 2. The first-order valence-corrected chi connectivity index (χ1v) is 8.07. The second-order valence-corrected chi connectivity index (χ2v) is 6.05. The molecule has 0 aromatic heterocycles. The second kappa shape index (κ2) is 6.39. The standard InChI is InChI=1S/C20H17F3O2/c1-2-12-3-4-14(11-16(12)19-17(24)9-10-18(19)25)13-5-7-15(8-6-13)20(21,22)23/h3-8,11,24H,2,9-10H2,1H3. The largest absolute Gasteiger partial charge is 0.512 e. The van der Waals surface area contributed by atoms with Gasteiger partial charge in [-0.05, 0) is 46.9 Å². The van der Waals surface area contributed by atoms with Gasteiger partial charge < -0.3 is 5.11 Å². The number of halogens is 3. The lowest BCUT2D eigenvalue weighted by Crippen LogP contribution is -2.04. The third-order valence-corrected chi connectivity index (χ3v) is 4.46. The molecule has 3 rings (SSSR count). The molecule has 0 spiro atoms. The van der Waals surface area contributed by atoms with Crippen LogP contribution < -0.4 is 0 Å². The zero-order chi connectivity index (χ0) is 18.2. The number of hydrogen-bond acceptors (Lipinski definition) is 2. The van der Waals surface area contributed by atoms with Gasteiger partial charge in [-0.1, -0.05) is 31.2 Å². The Bertz CT molecular complexity index is 846. The van der Waals surface area contributed by atoms with Crippen molar-refractivity contribution in [2.24, 2.45) is 0 Å². The third kappa shape index (κ3) is 3.31. The second-order valence-electron chi connectivity index (χ2n) is 6.05. The van der Waals surface area contributed by atoms with Crippen LogP contribution >= 0.6 is 0 Å². The van der Waals surface area contributed by atoms with Crippen molar-refractivity contribution in [3.63, 3.8) is 0 Å². The highest BCUT2D eigenvalue weighted by atomic mass is 19.4. The minimum atomic E-state index is -4.37. The molecule has 0 radical (unpaired) electrons. The number of aryl methyl sites for hydroxylation is 1. The normalized spacial score (nSPS) is 15.1. The summed E-state index contributed by atoms with van der Waals surface area (Å²) in [6, 6.07) is 10.4. The van der Waals surface area contributed by atoms with E-state index in [1.165, 1.54) is 12.1 Å². The molecule has 130 valence electrons. The molecule has 1 N–H and O–H groups in total. The van der Waals surface area contributed by atoms with Crippen LogP contribution in [0.3, 0.4) is 0 Å². The lowest BCUT2D eigenvalue weighted by Gasteiger charge is -2.13. The summed E-state index contributed by atoms with van der Waals surface area (Å²) in [6.45, 7) is 1.95. The summed E-state index contributed by atoms with van der Waals surface area (Å²) >= 11 is 0. The quantitative estimate of drug-likeness (QED) is 0.789. The number of hydrogen-bond donors (Lipinski definition) is 1. The first-order chi connectivity index (χ1) is 11.8. The predicted molar refractivity (Wildman–Crippen MR) is 90.0 cm³/mol. The van der Waals surface area contributed by atoms with Gasteiger partial charge in [0.2, 0.25) is 0 Å². The van der Waals surface area contributed by atoms with E-state index in [9.17, 15) is 23.1 Å². The fourth-order valence-electron chi connectivity index (χ4n) is 3.10. The molecule has 1 aliphatic rings. The number of benzene rings is 2. The number of rotatable bonds is 3. The molecule has 1 aliphatic carbocycles. The smallest absolute Gasteiger partial charge is 0.416 e. The van der Waals surface area contributed by atoms with Gasteiger partial charge in [0.1, 0.15) is 5.76 Å². The average molecular weight is 346 g/mol. The van der Waals surface area contributed by atoms with Gasteiger partial charge in [-0.15, -0.1) is 0 Å². The molecule has 0 atom stereocenters. The molecule has 2 aromatic rings. The van der Waals surface area contributed by atoms with Crippen LogP contribution in [0.25, 0.3) is 16.7 Å². The molecule has 0 fully saturated rings. The maximum atomic E-state index is 12.7. The highest BCUT2D eigenvalue weighted by Gasteiger charge is 2.30. The number of ketones is 1. The van der Waals surface area contributed by atoms with E-state index in [1.54, 1.807) is 6.07 Å². The number of aliphatic hydroxyl groups is 1. The highest BCUT2D eigenvalue weighted by molar-refractivity contribution is 6.23. The first kappa shape index (κ1) is 17.3. The Kier molecular flexibility index (Phi) is 4.41. The van der Waals surface area contributed by atoms with Gasteiger partial charge in [-0.25, -0.2) is 0 Å². The summed E-state index contributed by atoms with van der Waals surface area (Å²) in [5.41, 5.74) is 2.56. The van der Waals surface area contributed by atoms with E-state index in [4.69, 9.17) is 0 Å². The molecule has 0 bridgehead atoms. The van der Waals surface area contributed by atoms with Crippen LogP contribution in [-0.4, -0.2) is 10.9 Å². The number of carbonyl (C=O) groups excluding carboxylic acids is 1. The number of aliphatic hydroxyl groups excluding tert-OH is 1. The maximum Gasteiger partial charge on any atom is 0.416 e. The number of alkyl halides is 3. The van der Waals surface area contributed by atoms with Crippen molar-refractivity contribution in [1.29, 1.82) is 0 Å². The average Bonchev–Trinajstić information content (AvgIpc) is 2.92. The summed E-state index contributed by atoms with van der Waals surface area (Å²) in [5, 5.41) is 10.1. The molecule has 5 heteroatoms. The van der Waals surface area contributed by atoms with Crippen LogP contribution in [0, 0.1) is 0 Å². The predicted octanol–water partition coefficient (Wildman–Crippen LogP) is 5.57. The highest BCUT2D eigenvalue weighted by Crippen LogP contribution is 2.35. The van der Waals surface area contributed by atoms with Crippen molar-refractivity contribution in [3.8, 4) is 11.1 Å². The number of carbonyl (C=O) groups is 1. The van der Waals surface area contributed by atoms with Gasteiger partial charge in [0.25, 0.3) is 0 Å². The van der Waals surface area contributed by atoms with Gasteiger partial charge in [0.15, 0.2) is 5.78 Å². The van der Waals surface area contributed by atoms with Crippen LogP contribution in [0.4, 0.5) is 13.2 Å². The summed E-state index contributed by atoms with van der Waals surface area (Å²) in [4.78, 5) is 12.1. The Morgan fingerprint density at radius 3 is 2.16 bits per heavy atom. The molecular weight excluding hydrogens is 329 g/mol. The molecule has 0 aliphatic heterocycles. The van der Waals surface area contributed by atoms with Crippen LogP contribution in [0.1, 0.15) is 36.5 Å². The van der Waals surface area contributed by atoms with E-state index >= 15 is 0 Å². The van der Waals surface area contributed by atoms with Crippen LogP contribution in [0.2, 0.25) is 0 Å². The van der Waals surface area contributed by atoms with Crippen LogP contribution in [-0.2, 0) is 17.4 Å². The van der Waals surface area contributed by atoms with Crippen molar-refractivity contribution >= 4 is 11.4 Å². The van der Waals surface area contributed by atoms with Crippen molar-refractivity contribution in [2.75, 3.05) is 0 Å². The summed E-state index contributed by atoms with van der Waals surface area (Å²) in [7, 11) is 0. The fraction of sp³-hybridized carbons (Fsp3) is 0.250. The molecule has 0 saturated heterocycles. The summed E-state index contributed by atoms with van der Waals surface area (Å²) in [6.07, 6.45) is -3.06. The Morgan fingerprint density at radius 2 is 1.64 bits per heavy atom. The summed E-state index contributed by atoms with van der Waals surface area (Å²) in [5.74, 6) is -0.0129. The van der Waals surface area contributed by atoms with Crippen molar-refractivity contribution in [3.05, 3.63) is 64.9 Å². The first-order valence-electron chi connectivity index (χ1n) is 8.07. The van der Waals surface area contributed by atoms with E-state index in [2.05, 4.69) is 0 Å². The topological polar surface area (TPSA) is 37.3 Å². The fourth-order valence-corrected chi connectivity index (χ4v) is 3.10. The summed E-state index contributed by atoms with van der Waals surface area (Å²) < 4.78 is 38.1. The van der Waals surface area contributed by atoms with Crippen molar-refractivity contribution in [1.82, 2.24) is 0 Å². The monoisotopic (exact) mass is 346 g/mol. The van der Waals surface area contributed by atoms with Crippen molar-refractivity contribution < 1.29 is 23.1 Å². The van der Waals surface area contributed by atoms with Crippen LogP contribution in [0.15, 0.2) is 48.2 Å². The molecule has 0 amide bonds. The third-order valence-electron chi connectivity index (χ3n) is 4.46. The lowest BCUT2D eigenvalue weighted by molar-refractivity contribution is -0.137. The molecule has 0 unspecified atom stereocenters. The van der Waals surface area contributed by atoms with Gasteiger partial charge >= 0.3 is 6.18 Å². The molecule has 25 heavy (non-hydrogen) atoms. The Balaban J connectivity index is 2.06. The molecular formula is C20H17F3O2. The minimum absolute atomic E-state index is 0.0873. The SMILES string of the molecule is CCc1ccc(-c2ccc(C(F)(F)F)cc2)cc1C1=C(O)CCC1=O. The molecule has 0 saturated carbocycles. The lowest BCUT2D eigenvalue weighted by atomic mass is 9.92. The van der Waals surface area contributed by atoms with E-state index in [0.29, 0.717) is 35.1 Å². The zero-order valence-corrected chi connectivity index (χ0v) is 13.7. The van der Waals surface area contributed by atoms with E-state index < -0.39 is 11.7 Å². The van der Waals surface area contributed by atoms with E-state index in [-0.39, 0.29) is 18.0 Å². The van der Waals surface area contributed by atoms with Gasteiger partial charge in [0.05, 0.1) is 11.1 Å². The Morgan fingerprint density at radius 1 is 1.00 bits per heavy atom. The number of Topliss-reactive ketones (excluding diaryl/α,β-unsaturated/α-hetero) is 1. The Labute approximate surface area is 143 Å². The maximum absolute atomic E-state index is 12.7. The van der Waals surface area contributed by atoms with E-state index in [0.717, 1.165) is 17.7 Å². The van der Waals surface area contributed by atoms with Gasteiger partial charge in [0, 0.05) is 12.8 Å². The van der Waals surface area contributed by atoms with Crippen molar-refractivity contribution in [2.45, 2.75) is 32.4 Å². The molecule has 2 aromatic carbocycles.